The summed E-state index contributed by atoms with van der Waals surface area (Å²) in [4.78, 5) is 39.2. The Hall–Kier alpha value is -3.83. The number of ketones is 1. The van der Waals surface area contributed by atoms with Gasteiger partial charge in [-0.3, -0.25) is 14.4 Å². The highest BCUT2D eigenvalue weighted by molar-refractivity contribution is 6.00. The van der Waals surface area contributed by atoms with Crippen LogP contribution in [0.1, 0.15) is 47.3 Å². The van der Waals surface area contributed by atoms with E-state index in [0.717, 1.165) is 11.1 Å². The monoisotopic (exact) mass is 491 g/mol. The summed E-state index contributed by atoms with van der Waals surface area (Å²) in [5.41, 5.74) is 2.21. The van der Waals surface area contributed by atoms with Gasteiger partial charge in [0.1, 0.15) is 22.8 Å². The van der Waals surface area contributed by atoms with Crippen LogP contribution in [0.25, 0.3) is 0 Å². The summed E-state index contributed by atoms with van der Waals surface area (Å²) in [5, 5.41) is 9.02. The highest BCUT2D eigenvalue weighted by Gasteiger charge is 2.37. The van der Waals surface area contributed by atoms with E-state index in [1.807, 2.05) is 24.3 Å². The Balaban J connectivity index is 1.85. The lowest BCUT2D eigenvalue weighted by atomic mass is 9.94. The average Bonchev–Trinajstić information content (AvgIpc) is 3.23. The first-order chi connectivity index (χ1) is 17.3. The standard InChI is InChI=1S/C28H33N3O5/c1-6-10-19(16-22(32)17(2)29-3)27(33)31-26-20-12-8-7-11-18(20)15-21(26)30-28(34)25-23(35-4)13-9-14-24(25)36-5/h1,7-9,11-14,17,19,21,26,29H,10,15-16H2,2-5H3,(H,30,34)(H,31,33)/t17-,19+,21-,26-/m0/s1. The quantitative estimate of drug-likeness (QED) is 0.417. The third-order valence-electron chi connectivity index (χ3n) is 6.60. The maximum absolute atomic E-state index is 13.4. The van der Waals surface area contributed by atoms with E-state index in [2.05, 4.69) is 21.9 Å². The molecule has 0 aliphatic heterocycles. The summed E-state index contributed by atoms with van der Waals surface area (Å²) >= 11 is 0. The molecule has 3 N–H and O–H groups in total. The molecule has 3 rings (SSSR count). The molecule has 0 radical (unpaired) electrons. The van der Waals surface area contributed by atoms with Gasteiger partial charge in [-0.2, -0.15) is 0 Å². The van der Waals surface area contributed by atoms with Gasteiger partial charge < -0.3 is 25.4 Å². The normalized spacial score (nSPS) is 17.8. The van der Waals surface area contributed by atoms with Crippen LogP contribution in [0.2, 0.25) is 0 Å². The van der Waals surface area contributed by atoms with Crippen LogP contribution in [0.15, 0.2) is 42.5 Å². The number of nitrogens with one attached hydrogen (secondary N) is 3. The van der Waals surface area contributed by atoms with Gasteiger partial charge in [-0.05, 0) is 43.7 Å². The number of hydrogen-bond donors (Lipinski definition) is 3. The van der Waals surface area contributed by atoms with E-state index in [9.17, 15) is 14.4 Å². The van der Waals surface area contributed by atoms with Gasteiger partial charge in [0.25, 0.3) is 5.91 Å². The summed E-state index contributed by atoms with van der Waals surface area (Å²) in [6.45, 7) is 1.75. The maximum Gasteiger partial charge on any atom is 0.259 e. The summed E-state index contributed by atoms with van der Waals surface area (Å²) < 4.78 is 10.8. The van der Waals surface area contributed by atoms with Crippen molar-refractivity contribution in [2.45, 2.75) is 44.3 Å². The van der Waals surface area contributed by atoms with Crippen molar-refractivity contribution < 1.29 is 23.9 Å². The summed E-state index contributed by atoms with van der Waals surface area (Å²) in [6.07, 6.45) is 6.20. The Labute approximate surface area is 212 Å². The van der Waals surface area contributed by atoms with Crippen LogP contribution in [-0.2, 0) is 16.0 Å². The number of likely N-dealkylation sites (N-methyl/N-ethyl adjacent to an activating group) is 1. The second-order valence-electron chi connectivity index (χ2n) is 8.79. The summed E-state index contributed by atoms with van der Waals surface area (Å²) in [6, 6.07) is 11.5. The molecule has 0 heterocycles. The number of rotatable bonds is 11. The molecule has 0 bridgehead atoms. The van der Waals surface area contributed by atoms with Gasteiger partial charge in [-0.1, -0.05) is 30.3 Å². The number of fused-ring (bicyclic) bond motifs is 1. The predicted molar refractivity (Wildman–Crippen MR) is 137 cm³/mol. The topological polar surface area (TPSA) is 106 Å². The Kier molecular flexibility index (Phi) is 9.09. The van der Waals surface area contributed by atoms with Gasteiger partial charge in [0.15, 0.2) is 0 Å². The maximum atomic E-state index is 13.4. The van der Waals surface area contributed by atoms with E-state index in [4.69, 9.17) is 15.9 Å². The molecule has 8 heteroatoms. The molecule has 36 heavy (non-hydrogen) atoms. The van der Waals surface area contributed by atoms with Gasteiger partial charge in [0.2, 0.25) is 5.91 Å². The summed E-state index contributed by atoms with van der Waals surface area (Å²) in [5.74, 6) is 1.83. The number of Topliss-reactive ketones (excluding diaryl/α,β-unsaturated/α-hetero) is 1. The zero-order valence-electron chi connectivity index (χ0n) is 21.1. The zero-order valence-corrected chi connectivity index (χ0v) is 21.1. The van der Waals surface area contributed by atoms with Crippen molar-refractivity contribution >= 4 is 17.6 Å². The summed E-state index contributed by atoms with van der Waals surface area (Å²) in [7, 11) is 4.67. The van der Waals surface area contributed by atoms with Crippen LogP contribution in [0.4, 0.5) is 0 Å². The molecule has 0 saturated heterocycles. The van der Waals surface area contributed by atoms with Crippen molar-refractivity contribution in [1.82, 2.24) is 16.0 Å². The molecule has 2 aromatic carbocycles. The van der Waals surface area contributed by atoms with Crippen molar-refractivity contribution in [3.05, 3.63) is 59.2 Å². The number of amides is 2. The van der Waals surface area contributed by atoms with Crippen molar-refractivity contribution in [1.29, 1.82) is 0 Å². The van der Waals surface area contributed by atoms with Crippen LogP contribution >= 0.6 is 0 Å². The lowest BCUT2D eigenvalue weighted by Crippen LogP contribution is -2.46. The van der Waals surface area contributed by atoms with Crippen LogP contribution in [0.3, 0.4) is 0 Å². The zero-order chi connectivity index (χ0) is 26.2. The highest BCUT2D eigenvalue weighted by atomic mass is 16.5. The van der Waals surface area contributed by atoms with E-state index in [0.29, 0.717) is 17.9 Å². The van der Waals surface area contributed by atoms with Crippen LogP contribution < -0.4 is 25.4 Å². The fourth-order valence-corrected chi connectivity index (χ4v) is 4.47. The van der Waals surface area contributed by atoms with Gasteiger partial charge in [0, 0.05) is 12.8 Å². The Bertz CT molecular complexity index is 1130. The Morgan fingerprint density at radius 1 is 1.06 bits per heavy atom. The van der Waals surface area contributed by atoms with Crippen molar-refractivity contribution in [3.63, 3.8) is 0 Å². The van der Waals surface area contributed by atoms with Crippen molar-refractivity contribution in [3.8, 4) is 23.8 Å². The predicted octanol–water partition coefficient (Wildman–Crippen LogP) is 2.42. The first kappa shape index (κ1) is 26.8. The molecule has 190 valence electrons. The number of ether oxygens (including phenoxy) is 2. The van der Waals surface area contributed by atoms with E-state index < -0.39 is 18.0 Å². The number of carbonyl (C=O) groups is 3. The molecular weight excluding hydrogens is 458 g/mol. The molecule has 8 nitrogen and oxygen atoms in total. The highest BCUT2D eigenvalue weighted by Crippen LogP contribution is 2.34. The van der Waals surface area contributed by atoms with Crippen molar-refractivity contribution in [2.75, 3.05) is 21.3 Å². The molecule has 0 fully saturated rings. The van der Waals surface area contributed by atoms with E-state index in [1.54, 1.807) is 32.2 Å². The van der Waals surface area contributed by atoms with E-state index >= 15 is 0 Å². The molecular formula is C28H33N3O5. The molecule has 0 spiro atoms. The largest absolute Gasteiger partial charge is 0.496 e. The molecule has 4 atom stereocenters. The average molecular weight is 492 g/mol. The number of terminal acetylenes is 1. The fraction of sp³-hybridized carbons (Fsp3) is 0.393. The lowest BCUT2D eigenvalue weighted by molar-refractivity contribution is -0.130. The smallest absolute Gasteiger partial charge is 0.259 e. The second kappa shape index (κ2) is 12.2. The molecule has 2 aromatic rings. The van der Waals surface area contributed by atoms with Gasteiger partial charge in [-0.15, -0.1) is 12.3 Å². The molecule has 2 amide bonds. The minimum absolute atomic E-state index is 0.0296. The van der Waals surface area contributed by atoms with Crippen LogP contribution in [0, 0.1) is 18.3 Å². The Morgan fingerprint density at radius 3 is 2.33 bits per heavy atom. The number of carbonyl (C=O) groups excluding carboxylic acids is 3. The molecule has 1 aliphatic rings. The Morgan fingerprint density at radius 2 is 1.72 bits per heavy atom. The molecule has 0 unspecified atom stereocenters. The third kappa shape index (κ3) is 5.86. The third-order valence-corrected chi connectivity index (χ3v) is 6.60. The van der Waals surface area contributed by atoms with Gasteiger partial charge >= 0.3 is 0 Å². The number of benzene rings is 2. The first-order valence-electron chi connectivity index (χ1n) is 11.9. The molecule has 1 aliphatic carbocycles. The first-order valence-corrected chi connectivity index (χ1v) is 11.9. The SMILES string of the molecule is C#CC[C@H](CC(=O)[C@H](C)NC)C(=O)N[C@H]1c2ccccc2C[C@@H]1NC(=O)c1c(OC)cccc1OC. The minimum Gasteiger partial charge on any atom is -0.496 e. The van der Waals surface area contributed by atoms with Crippen LogP contribution in [-0.4, -0.2) is 50.9 Å². The number of hydrogen-bond acceptors (Lipinski definition) is 6. The van der Waals surface area contributed by atoms with E-state index in [-0.39, 0.29) is 42.0 Å². The van der Waals surface area contributed by atoms with Gasteiger partial charge in [0.05, 0.1) is 38.3 Å². The molecule has 0 aromatic heterocycles. The van der Waals surface area contributed by atoms with E-state index in [1.165, 1.54) is 14.2 Å². The second-order valence-corrected chi connectivity index (χ2v) is 8.79. The number of methoxy groups -OCH3 is 2. The van der Waals surface area contributed by atoms with Crippen molar-refractivity contribution in [2.24, 2.45) is 5.92 Å². The minimum atomic E-state index is -0.670. The molecule has 0 saturated carbocycles. The lowest BCUT2D eigenvalue weighted by Gasteiger charge is -2.26. The van der Waals surface area contributed by atoms with Gasteiger partial charge in [-0.25, -0.2) is 0 Å². The fourth-order valence-electron chi connectivity index (χ4n) is 4.47. The van der Waals surface area contributed by atoms with Crippen LogP contribution in [0.5, 0.6) is 11.5 Å².